The molecule has 0 saturated carbocycles. The maximum Gasteiger partial charge on any atom is 0.191 e. The van der Waals surface area contributed by atoms with E-state index < -0.39 is 0 Å². The Kier molecular flexibility index (Phi) is 9.50. The number of aliphatic imine (C=N–C) groups is 1. The number of halogens is 1. The largest absolute Gasteiger partial charge is 0.497 e. The van der Waals surface area contributed by atoms with Crippen molar-refractivity contribution >= 4 is 46.5 Å². The maximum atomic E-state index is 5.51. The summed E-state index contributed by atoms with van der Waals surface area (Å²) in [5.74, 6) is 2.41. The third kappa shape index (κ3) is 6.37. The quantitative estimate of drug-likeness (QED) is 0.115. The summed E-state index contributed by atoms with van der Waals surface area (Å²) in [5, 5.41) is 7.91. The third-order valence-electron chi connectivity index (χ3n) is 5.88. The van der Waals surface area contributed by atoms with E-state index in [2.05, 4.69) is 68.0 Å². The molecule has 2 heterocycles. The summed E-state index contributed by atoms with van der Waals surface area (Å²) >= 11 is 0. The van der Waals surface area contributed by atoms with Crippen molar-refractivity contribution in [3.63, 3.8) is 0 Å². The molecule has 0 radical (unpaired) electrons. The highest BCUT2D eigenvalue weighted by Gasteiger charge is 2.10. The van der Waals surface area contributed by atoms with Crippen LogP contribution in [0, 0.1) is 0 Å². The maximum absolute atomic E-state index is 5.51. The molecule has 1 aliphatic heterocycles. The Balaban J connectivity index is 0.00000324. The first-order valence-electron chi connectivity index (χ1n) is 11.4. The SMILES string of the molecule is CN=C(NCCCc1cc2c(OC)cc(OC)cc2[nH]1)NCc1cccc(N2CC=CC2)c1.I. The Bertz CT molecular complexity index is 1130. The van der Waals surface area contributed by atoms with E-state index in [1.165, 1.54) is 16.9 Å². The fraction of sp³-hybridized carbons (Fsp3) is 0.346. The molecule has 0 aliphatic carbocycles. The second-order valence-corrected chi connectivity index (χ2v) is 8.09. The molecule has 0 spiro atoms. The van der Waals surface area contributed by atoms with Gasteiger partial charge in [-0.1, -0.05) is 24.3 Å². The number of anilines is 1. The van der Waals surface area contributed by atoms with Gasteiger partial charge in [-0.2, -0.15) is 0 Å². The predicted molar refractivity (Wildman–Crippen MR) is 151 cm³/mol. The number of guanidine groups is 1. The van der Waals surface area contributed by atoms with Crippen molar-refractivity contribution in [2.75, 3.05) is 45.8 Å². The second kappa shape index (κ2) is 12.5. The molecule has 182 valence electrons. The molecule has 7 nitrogen and oxygen atoms in total. The van der Waals surface area contributed by atoms with Gasteiger partial charge in [-0.15, -0.1) is 24.0 Å². The molecule has 0 saturated heterocycles. The molecule has 0 atom stereocenters. The van der Waals surface area contributed by atoms with E-state index in [-0.39, 0.29) is 24.0 Å². The van der Waals surface area contributed by atoms with Crippen LogP contribution in [0.3, 0.4) is 0 Å². The molecule has 2 aromatic carbocycles. The molecule has 0 unspecified atom stereocenters. The van der Waals surface area contributed by atoms with Crippen molar-refractivity contribution in [1.82, 2.24) is 15.6 Å². The zero-order valence-corrected chi connectivity index (χ0v) is 22.4. The Hall–Kier alpha value is -2.88. The number of aryl methyl sites for hydroxylation is 1. The molecule has 3 N–H and O–H groups in total. The summed E-state index contributed by atoms with van der Waals surface area (Å²) in [6.45, 7) is 3.53. The van der Waals surface area contributed by atoms with Crippen molar-refractivity contribution < 1.29 is 9.47 Å². The Morgan fingerprint density at radius 3 is 2.62 bits per heavy atom. The predicted octanol–water partition coefficient (Wildman–Crippen LogP) is 4.48. The van der Waals surface area contributed by atoms with Crippen molar-refractivity contribution in [1.29, 1.82) is 0 Å². The van der Waals surface area contributed by atoms with Gasteiger partial charge in [-0.05, 0) is 36.6 Å². The minimum atomic E-state index is 0. The van der Waals surface area contributed by atoms with Gasteiger partial charge in [0, 0.05) is 62.1 Å². The Morgan fingerprint density at radius 1 is 1.06 bits per heavy atom. The highest BCUT2D eigenvalue weighted by Crippen LogP contribution is 2.31. The van der Waals surface area contributed by atoms with Crippen LogP contribution in [0.15, 0.2) is 59.6 Å². The standard InChI is InChI=1S/C26H33N5O2.HI/c1-27-26(29-18-19-8-6-10-21(14-19)31-12-4-5-13-31)28-11-7-9-20-15-23-24(30-20)16-22(32-2)17-25(23)33-3;/h4-6,8,10,14-17,30H,7,9,11-13,18H2,1-3H3,(H2,27,28,29);1H. The van der Waals surface area contributed by atoms with Crippen LogP contribution >= 0.6 is 24.0 Å². The van der Waals surface area contributed by atoms with Gasteiger partial charge in [-0.25, -0.2) is 0 Å². The number of rotatable bonds is 9. The van der Waals surface area contributed by atoms with Crippen LogP contribution in [-0.2, 0) is 13.0 Å². The summed E-state index contributed by atoms with van der Waals surface area (Å²) < 4.78 is 10.9. The van der Waals surface area contributed by atoms with Gasteiger partial charge in [0.05, 0.1) is 19.7 Å². The van der Waals surface area contributed by atoms with Crippen LogP contribution in [-0.4, -0.2) is 51.8 Å². The monoisotopic (exact) mass is 575 g/mol. The van der Waals surface area contributed by atoms with E-state index in [9.17, 15) is 0 Å². The lowest BCUT2D eigenvalue weighted by atomic mass is 10.2. The summed E-state index contributed by atoms with van der Waals surface area (Å²) in [6, 6.07) is 14.7. The second-order valence-electron chi connectivity index (χ2n) is 8.09. The number of H-pyrrole nitrogens is 1. The van der Waals surface area contributed by atoms with E-state index in [0.717, 1.165) is 67.4 Å². The molecule has 0 fully saturated rings. The third-order valence-corrected chi connectivity index (χ3v) is 5.88. The van der Waals surface area contributed by atoms with Crippen molar-refractivity contribution in [2.24, 2.45) is 4.99 Å². The smallest absolute Gasteiger partial charge is 0.191 e. The van der Waals surface area contributed by atoms with E-state index >= 15 is 0 Å². The van der Waals surface area contributed by atoms with Gasteiger partial charge in [0.25, 0.3) is 0 Å². The van der Waals surface area contributed by atoms with Gasteiger partial charge in [0.2, 0.25) is 0 Å². The first-order chi connectivity index (χ1) is 16.2. The number of fused-ring (bicyclic) bond motifs is 1. The first kappa shape index (κ1) is 25.7. The van der Waals surface area contributed by atoms with Gasteiger partial charge in [0.15, 0.2) is 5.96 Å². The molecule has 3 aromatic rings. The van der Waals surface area contributed by atoms with Gasteiger partial charge >= 0.3 is 0 Å². The number of aromatic amines is 1. The van der Waals surface area contributed by atoms with E-state index in [0.29, 0.717) is 0 Å². The van der Waals surface area contributed by atoms with Gasteiger partial charge in [-0.3, -0.25) is 4.99 Å². The summed E-state index contributed by atoms with van der Waals surface area (Å²) in [7, 11) is 5.15. The molecule has 0 amide bonds. The average Bonchev–Trinajstić information content (AvgIpc) is 3.53. The van der Waals surface area contributed by atoms with Crippen LogP contribution in [0.25, 0.3) is 10.9 Å². The van der Waals surface area contributed by atoms with E-state index in [4.69, 9.17) is 9.47 Å². The summed E-state index contributed by atoms with van der Waals surface area (Å²) in [4.78, 5) is 10.2. The zero-order valence-electron chi connectivity index (χ0n) is 20.1. The lowest BCUT2D eigenvalue weighted by molar-refractivity contribution is 0.398. The molecular weight excluding hydrogens is 541 g/mol. The number of hydrogen-bond donors (Lipinski definition) is 3. The molecule has 34 heavy (non-hydrogen) atoms. The topological polar surface area (TPSA) is 73.9 Å². The normalized spacial score (nSPS) is 13.1. The highest BCUT2D eigenvalue weighted by atomic mass is 127. The fourth-order valence-electron chi connectivity index (χ4n) is 4.10. The molecule has 1 aromatic heterocycles. The number of nitrogens with zero attached hydrogens (tertiary/aromatic N) is 2. The lowest BCUT2D eigenvalue weighted by Crippen LogP contribution is -2.37. The number of methoxy groups -OCH3 is 2. The van der Waals surface area contributed by atoms with Crippen molar-refractivity contribution in [2.45, 2.75) is 19.4 Å². The Labute approximate surface area is 218 Å². The molecule has 8 heteroatoms. The van der Waals surface area contributed by atoms with Gasteiger partial charge < -0.3 is 30.0 Å². The first-order valence-corrected chi connectivity index (χ1v) is 11.4. The molecule has 4 rings (SSSR count). The van der Waals surface area contributed by atoms with E-state index in [1.54, 1.807) is 21.3 Å². The summed E-state index contributed by atoms with van der Waals surface area (Å²) in [5.41, 5.74) is 4.70. The number of hydrogen-bond acceptors (Lipinski definition) is 4. The van der Waals surface area contributed by atoms with Crippen LogP contribution < -0.4 is 25.0 Å². The Morgan fingerprint density at radius 2 is 1.88 bits per heavy atom. The van der Waals surface area contributed by atoms with Crippen LogP contribution in [0.2, 0.25) is 0 Å². The lowest BCUT2D eigenvalue weighted by Gasteiger charge is -2.19. The zero-order chi connectivity index (χ0) is 23.0. The highest BCUT2D eigenvalue weighted by molar-refractivity contribution is 14.0. The van der Waals surface area contributed by atoms with Crippen LogP contribution in [0.4, 0.5) is 5.69 Å². The molecular formula is C26H34IN5O2. The number of aromatic nitrogens is 1. The van der Waals surface area contributed by atoms with Crippen molar-refractivity contribution in [3.8, 4) is 11.5 Å². The average molecular weight is 575 g/mol. The van der Waals surface area contributed by atoms with Crippen LogP contribution in [0.1, 0.15) is 17.7 Å². The number of nitrogens with one attached hydrogen (secondary N) is 3. The number of benzene rings is 2. The summed E-state index contributed by atoms with van der Waals surface area (Å²) in [6.07, 6.45) is 6.32. The van der Waals surface area contributed by atoms with E-state index in [1.807, 2.05) is 12.1 Å². The molecule has 1 aliphatic rings. The fourth-order valence-corrected chi connectivity index (χ4v) is 4.10. The minimum absolute atomic E-state index is 0. The minimum Gasteiger partial charge on any atom is -0.497 e. The van der Waals surface area contributed by atoms with Crippen molar-refractivity contribution in [3.05, 3.63) is 65.9 Å². The molecule has 0 bridgehead atoms. The number of ether oxygens (including phenoxy) is 2. The van der Waals surface area contributed by atoms with Gasteiger partial charge in [0.1, 0.15) is 11.5 Å². The van der Waals surface area contributed by atoms with Crippen LogP contribution in [0.5, 0.6) is 11.5 Å².